The number of benzene rings is 3. The van der Waals surface area contributed by atoms with Crippen molar-refractivity contribution in [2.45, 2.75) is 14.7 Å². The van der Waals surface area contributed by atoms with Crippen LogP contribution in [-0.4, -0.2) is 14.2 Å². The van der Waals surface area contributed by atoms with Crippen LogP contribution in [0.15, 0.2) is 93.5 Å². The number of ether oxygens (including phenoxy) is 2. The first-order valence-electron chi connectivity index (χ1n) is 7.39. The molecule has 3 aromatic carbocycles. The van der Waals surface area contributed by atoms with Crippen molar-refractivity contribution in [1.82, 2.24) is 0 Å². The standard InChI is InChI=1S/C20H19O2S/c1-21-16-8-12-19(13-9-16)23(18-6-4-3-5-7-18)20-14-10-17(22-2)11-15-20/h3-15H,1-2H3/q+1. The maximum absolute atomic E-state index is 5.28. The number of methoxy groups -OCH3 is 2. The zero-order chi connectivity index (χ0) is 16.1. The van der Waals surface area contributed by atoms with Crippen LogP contribution in [-0.2, 0) is 10.9 Å². The van der Waals surface area contributed by atoms with E-state index in [1.807, 2.05) is 30.3 Å². The Kier molecular flexibility index (Phi) is 4.89. The van der Waals surface area contributed by atoms with E-state index in [1.54, 1.807) is 14.2 Å². The van der Waals surface area contributed by atoms with E-state index < -0.39 is 0 Å². The van der Waals surface area contributed by atoms with Crippen LogP contribution in [0.1, 0.15) is 0 Å². The lowest BCUT2D eigenvalue weighted by molar-refractivity contribution is 0.414. The van der Waals surface area contributed by atoms with Crippen LogP contribution in [0.3, 0.4) is 0 Å². The maximum Gasteiger partial charge on any atom is 0.166 e. The third kappa shape index (κ3) is 3.51. The Hall–Kier alpha value is -2.39. The van der Waals surface area contributed by atoms with Crippen molar-refractivity contribution in [2.75, 3.05) is 14.2 Å². The van der Waals surface area contributed by atoms with Gasteiger partial charge in [-0.15, -0.1) is 0 Å². The SMILES string of the molecule is COc1ccc([S+](c2ccccc2)c2ccc(OC)cc2)cc1. The van der Waals surface area contributed by atoms with Crippen molar-refractivity contribution in [3.8, 4) is 11.5 Å². The van der Waals surface area contributed by atoms with E-state index in [1.165, 1.54) is 14.7 Å². The number of rotatable bonds is 5. The second-order valence-corrected chi connectivity index (χ2v) is 7.00. The predicted octanol–water partition coefficient (Wildman–Crippen LogP) is 4.80. The Balaban J connectivity index is 2.05. The molecule has 0 heterocycles. The highest BCUT2D eigenvalue weighted by Gasteiger charge is 2.28. The van der Waals surface area contributed by atoms with E-state index in [-0.39, 0.29) is 10.9 Å². The highest BCUT2D eigenvalue weighted by Crippen LogP contribution is 2.32. The normalized spacial score (nSPS) is 10.6. The molecule has 0 unspecified atom stereocenters. The molecule has 0 fully saturated rings. The van der Waals surface area contributed by atoms with Crippen molar-refractivity contribution in [2.24, 2.45) is 0 Å². The van der Waals surface area contributed by atoms with Gasteiger partial charge in [-0.2, -0.15) is 0 Å². The molecule has 0 spiro atoms. The van der Waals surface area contributed by atoms with Gasteiger partial charge in [-0.1, -0.05) is 18.2 Å². The quantitative estimate of drug-likeness (QED) is 0.628. The maximum atomic E-state index is 5.28. The molecule has 0 aromatic heterocycles. The predicted molar refractivity (Wildman–Crippen MR) is 94.6 cm³/mol. The fourth-order valence-electron chi connectivity index (χ4n) is 2.39. The third-order valence-corrected chi connectivity index (χ3v) is 5.80. The van der Waals surface area contributed by atoms with Crippen molar-refractivity contribution in [1.29, 1.82) is 0 Å². The summed E-state index contributed by atoms with van der Waals surface area (Å²) in [6.45, 7) is 0. The molecule has 0 aliphatic heterocycles. The smallest absolute Gasteiger partial charge is 0.166 e. The summed E-state index contributed by atoms with van der Waals surface area (Å²) in [4.78, 5) is 3.83. The minimum Gasteiger partial charge on any atom is -0.497 e. The minimum absolute atomic E-state index is 0.146. The molecular weight excluding hydrogens is 304 g/mol. The van der Waals surface area contributed by atoms with Crippen LogP contribution in [0.2, 0.25) is 0 Å². The lowest BCUT2D eigenvalue weighted by Crippen LogP contribution is -2.04. The van der Waals surface area contributed by atoms with Gasteiger partial charge in [0.2, 0.25) is 0 Å². The van der Waals surface area contributed by atoms with Crippen LogP contribution in [0.4, 0.5) is 0 Å². The van der Waals surface area contributed by atoms with Crippen LogP contribution in [0.25, 0.3) is 0 Å². The topological polar surface area (TPSA) is 18.5 Å². The molecule has 0 saturated carbocycles. The summed E-state index contributed by atoms with van der Waals surface area (Å²) in [5, 5.41) is 0. The number of hydrogen-bond donors (Lipinski definition) is 0. The zero-order valence-corrected chi connectivity index (χ0v) is 14.0. The highest BCUT2D eigenvalue weighted by molar-refractivity contribution is 7.97. The summed E-state index contributed by atoms with van der Waals surface area (Å²) in [6, 6.07) is 27.2. The molecule has 3 aromatic rings. The molecule has 23 heavy (non-hydrogen) atoms. The Morgan fingerprint density at radius 2 is 0.913 bits per heavy atom. The van der Waals surface area contributed by atoms with Crippen molar-refractivity contribution < 1.29 is 9.47 Å². The first-order chi connectivity index (χ1) is 11.3. The minimum atomic E-state index is -0.146. The van der Waals surface area contributed by atoms with Gasteiger partial charge in [-0.05, 0) is 60.7 Å². The largest absolute Gasteiger partial charge is 0.497 e. The molecule has 0 saturated heterocycles. The highest BCUT2D eigenvalue weighted by atomic mass is 32.2. The van der Waals surface area contributed by atoms with Crippen molar-refractivity contribution in [3.63, 3.8) is 0 Å². The van der Waals surface area contributed by atoms with Gasteiger partial charge >= 0.3 is 0 Å². The van der Waals surface area contributed by atoms with E-state index in [2.05, 4.69) is 48.5 Å². The average Bonchev–Trinajstić information content (AvgIpc) is 2.64. The van der Waals surface area contributed by atoms with Crippen molar-refractivity contribution >= 4 is 10.9 Å². The molecule has 0 amide bonds. The van der Waals surface area contributed by atoms with E-state index in [9.17, 15) is 0 Å². The van der Waals surface area contributed by atoms with Gasteiger partial charge in [0.05, 0.1) is 25.1 Å². The van der Waals surface area contributed by atoms with Gasteiger partial charge in [0.1, 0.15) is 11.5 Å². The van der Waals surface area contributed by atoms with E-state index in [4.69, 9.17) is 9.47 Å². The first kappa shape index (κ1) is 15.5. The van der Waals surface area contributed by atoms with Gasteiger partial charge in [0.25, 0.3) is 0 Å². The lowest BCUT2D eigenvalue weighted by atomic mass is 10.3. The molecule has 0 aliphatic rings. The molecule has 0 aliphatic carbocycles. The van der Waals surface area contributed by atoms with Crippen LogP contribution >= 0.6 is 0 Å². The third-order valence-electron chi connectivity index (χ3n) is 3.57. The molecule has 0 radical (unpaired) electrons. The van der Waals surface area contributed by atoms with Gasteiger partial charge in [-0.3, -0.25) is 0 Å². The van der Waals surface area contributed by atoms with Gasteiger partial charge in [0, 0.05) is 0 Å². The monoisotopic (exact) mass is 323 g/mol. The van der Waals surface area contributed by atoms with E-state index >= 15 is 0 Å². The second-order valence-electron chi connectivity index (χ2n) is 4.97. The molecule has 3 rings (SSSR count). The Morgan fingerprint density at radius 3 is 1.30 bits per heavy atom. The van der Waals surface area contributed by atoms with Gasteiger partial charge in [0.15, 0.2) is 14.7 Å². The van der Waals surface area contributed by atoms with Crippen LogP contribution in [0.5, 0.6) is 11.5 Å². The molecular formula is C20H19O2S+. The molecule has 116 valence electrons. The average molecular weight is 323 g/mol. The van der Waals surface area contributed by atoms with Gasteiger partial charge < -0.3 is 9.47 Å². The lowest BCUT2D eigenvalue weighted by Gasteiger charge is -2.09. The molecule has 2 nitrogen and oxygen atoms in total. The molecule has 0 atom stereocenters. The van der Waals surface area contributed by atoms with Crippen LogP contribution < -0.4 is 9.47 Å². The Morgan fingerprint density at radius 1 is 0.522 bits per heavy atom. The molecule has 0 bridgehead atoms. The fraction of sp³-hybridized carbons (Fsp3) is 0.100. The number of hydrogen-bond acceptors (Lipinski definition) is 2. The molecule has 3 heteroatoms. The fourth-order valence-corrected chi connectivity index (χ4v) is 4.45. The summed E-state index contributed by atoms with van der Waals surface area (Å²) < 4.78 is 10.6. The first-order valence-corrected chi connectivity index (χ1v) is 8.62. The van der Waals surface area contributed by atoms with Gasteiger partial charge in [-0.25, -0.2) is 0 Å². The van der Waals surface area contributed by atoms with E-state index in [0.29, 0.717) is 0 Å². The second kappa shape index (κ2) is 7.25. The van der Waals surface area contributed by atoms with E-state index in [0.717, 1.165) is 11.5 Å². The van der Waals surface area contributed by atoms with Crippen LogP contribution in [0, 0.1) is 0 Å². The summed E-state index contributed by atoms with van der Waals surface area (Å²) in [7, 11) is 3.23. The summed E-state index contributed by atoms with van der Waals surface area (Å²) >= 11 is 0. The summed E-state index contributed by atoms with van der Waals surface area (Å²) in [5.74, 6) is 1.75. The van der Waals surface area contributed by atoms with Crippen molar-refractivity contribution in [3.05, 3.63) is 78.9 Å². The summed E-state index contributed by atoms with van der Waals surface area (Å²) in [6.07, 6.45) is 0. The summed E-state index contributed by atoms with van der Waals surface area (Å²) in [5.41, 5.74) is 0. The Labute approximate surface area is 140 Å². The zero-order valence-electron chi connectivity index (χ0n) is 13.2. The Bertz CT molecular complexity index is 689. The molecule has 0 N–H and O–H groups in total.